The summed E-state index contributed by atoms with van der Waals surface area (Å²) in [6, 6.07) is 5.52. The average molecular weight is 202 g/mol. The van der Waals surface area contributed by atoms with Gasteiger partial charge < -0.3 is 10.8 Å². The van der Waals surface area contributed by atoms with Gasteiger partial charge >= 0.3 is 0 Å². The minimum atomic E-state index is 0. The third-order valence-electron chi connectivity index (χ3n) is 1.87. The molecule has 0 heterocycles. The number of hydrogen-bond donors (Lipinski definition) is 2. The van der Waals surface area contributed by atoms with Gasteiger partial charge in [-0.05, 0) is 43.5 Å². The third kappa shape index (κ3) is 3.66. The molecule has 1 aromatic carbocycles. The predicted molar refractivity (Wildman–Crippen MR) is 57.4 cm³/mol. The van der Waals surface area contributed by atoms with Gasteiger partial charge in [0.05, 0.1) is 0 Å². The topological polar surface area (TPSA) is 46.2 Å². The van der Waals surface area contributed by atoms with Crippen LogP contribution in [0.15, 0.2) is 18.2 Å². The van der Waals surface area contributed by atoms with Crippen molar-refractivity contribution in [3.8, 4) is 5.75 Å². The van der Waals surface area contributed by atoms with Gasteiger partial charge in [-0.2, -0.15) is 0 Å². The lowest BCUT2D eigenvalue weighted by atomic mass is 10.0. The van der Waals surface area contributed by atoms with Crippen molar-refractivity contribution in [2.45, 2.75) is 26.3 Å². The van der Waals surface area contributed by atoms with Gasteiger partial charge in [0.25, 0.3) is 0 Å². The molecule has 1 unspecified atom stereocenters. The number of benzene rings is 1. The molecule has 0 aliphatic rings. The van der Waals surface area contributed by atoms with Crippen molar-refractivity contribution in [2.75, 3.05) is 0 Å². The normalized spacial score (nSPS) is 11.9. The van der Waals surface area contributed by atoms with Gasteiger partial charge in [0.2, 0.25) is 0 Å². The summed E-state index contributed by atoms with van der Waals surface area (Å²) in [5, 5.41) is 9.21. The SMILES string of the molecule is Cc1ccc(O)cc1CC(C)N.Cl. The molecule has 3 N–H and O–H groups in total. The number of aryl methyl sites for hydroxylation is 1. The fourth-order valence-electron chi connectivity index (χ4n) is 1.22. The van der Waals surface area contributed by atoms with Gasteiger partial charge in [-0.3, -0.25) is 0 Å². The first-order valence-electron chi connectivity index (χ1n) is 4.13. The zero-order valence-corrected chi connectivity index (χ0v) is 8.77. The van der Waals surface area contributed by atoms with Crippen LogP contribution in [0.25, 0.3) is 0 Å². The van der Waals surface area contributed by atoms with Gasteiger partial charge in [-0.25, -0.2) is 0 Å². The first kappa shape index (κ1) is 12.3. The Bertz CT molecular complexity index is 274. The second-order valence-corrected chi connectivity index (χ2v) is 3.29. The molecule has 0 fully saturated rings. The van der Waals surface area contributed by atoms with Gasteiger partial charge in [-0.15, -0.1) is 12.4 Å². The Balaban J connectivity index is 0.00000144. The predicted octanol–water partition coefficient (Wildman–Crippen LogP) is 2.01. The Labute approximate surface area is 85.2 Å². The highest BCUT2D eigenvalue weighted by Crippen LogP contribution is 2.16. The van der Waals surface area contributed by atoms with Crippen LogP contribution >= 0.6 is 12.4 Å². The quantitative estimate of drug-likeness (QED) is 0.769. The molecule has 1 atom stereocenters. The molecule has 1 aromatic rings. The molecule has 0 spiro atoms. The summed E-state index contributed by atoms with van der Waals surface area (Å²) in [4.78, 5) is 0. The third-order valence-corrected chi connectivity index (χ3v) is 1.87. The van der Waals surface area contributed by atoms with Gasteiger partial charge in [-0.1, -0.05) is 6.07 Å². The number of hydrogen-bond acceptors (Lipinski definition) is 2. The van der Waals surface area contributed by atoms with E-state index >= 15 is 0 Å². The van der Waals surface area contributed by atoms with E-state index in [1.165, 1.54) is 5.56 Å². The average Bonchev–Trinajstić information content (AvgIpc) is 1.96. The summed E-state index contributed by atoms with van der Waals surface area (Å²) in [7, 11) is 0. The molecule has 3 heteroatoms. The fraction of sp³-hybridized carbons (Fsp3) is 0.400. The zero-order valence-electron chi connectivity index (χ0n) is 7.95. The molecular weight excluding hydrogens is 186 g/mol. The summed E-state index contributed by atoms with van der Waals surface area (Å²) >= 11 is 0. The number of aromatic hydroxyl groups is 1. The van der Waals surface area contributed by atoms with Crippen molar-refractivity contribution >= 4 is 12.4 Å². The summed E-state index contributed by atoms with van der Waals surface area (Å²) in [6.45, 7) is 3.99. The lowest BCUT2D eigenvalue weighted by Gasteiger charge is -2.08. The largest absolute Gasteiger partial charge is 0.508 e. The van der Waals surface area contributed by atoms with Crippen molar-refractivity contribution in [3.05, 3.63) is 29.3 Å². The summed E-state index contributed by atoms with van der Waals surface area (Å²) < 4.78 is 0. The first-order valence-corrected chi connectivity index (χ1v) is 4.13. The van der Waals surface area contributed by atoms with Crippen LogP contribution in [0, 0.1) is 6.92 Å². The summed E-state index contributed by atoms with van der Waals surface area (Å²) in [5.74, 6) is 0.316. The van der Waals surface area contributed by atoms with Crippen LogP contribution in [0.5, 0.6) is 5.75 Å². The van der Waals surface area contributed by atoms with Gasteiger partial charge in [0.1, 0.15) is 5.75 Å². The van der Waals surface area contributed by atoms with E-state index in [0.717, 1.165) is 12.0 Å². The van der Waals surface area contributed by atoms with E-state index in [2.05, 4.69) is 0 Å². The highest BCUT2D eigenvalue weighted by Gasteiger charge is 2.02. The van der Waals surface area contributed by atoms with Crippen molar-refractivity contribution in [1.29, 1.82) is 0 Å². The second-order valence-electron chi connectivity index (χ2n) is 3.29. The number of nitrogens with two attached hydrogens (primary N) is 1. The highest BCUT2D eigenvalue weighted by molar-refractivity contribution is 5.85. The summed E-state index contributed by atoms with van der Waals surface area (Å²) in [5.41, 5.74) is 7.98. The molecule has 0 radical (unpaired) electrons. The van der Waals surface area contributed by atoms with E-state index in [1.807, 2.05) is 19.9 Å². The molecular formula is C10H16ClNO. The van der Waals surface area contributed by atoms with Crippen molar-refractivity contribution in [1.82, 2.24) is 0 Å². The Morgan fingerprint density at radius 2 is 2.08 bits per heavy atom. The zero-order chi connectivity index (χ0) is 9.14. The maximum Gasteiger partial charge on any atom is 0.115 e. The van der Waals surface area contributed by atoms with E-state index in [9.17, 15) is 5.11 Å². The van der Waals surface area contributed by atoms with Crippen LogP contribution in [-0.4, -0.2) is 11.1 Å². The molecule has 0 aliphatic heterocycles. The molecule has 0 amide bonds. The molecule has 0 saturated carbocycles. The fourth-order valence-corrected chi connectivity index (χ4v) is 1.22. The maximum absolute atomic E-state index is 9.21. The molecule has 74 valence electrons. The molecule has 1 rings (SSSR count). The van der Waals surface area contributed by atoms with Crippen molar-refractivity contribution in [3.63, 3.8) is 0 Å². The van der Waals surface area contributed by atoms with Crippen molar-refractivity contribution in [2.24, 2.45) is 5.73 Å². The molecule has 0 saturated heterocycles. The molecule has 0 aliphatic carbocycles. The number of halogens is 1. The lowest BCUT2D eigenvalue weighted by molar-refractivity contribution is 0.474. The van der Waals surface area contributed by atoms with Gasteiger partial charge in [0, 0.05) is 6.04 Å². The van der Waals surface area contributed by atoms with Crippen molar-refractivity contribution < 1.29 is 5.11 Å². The second kappa shape index (κ2) is 5.10. The van der Waals surface area contributed by atoms with Crippen LogP contribution in [0.2, 0.25) is 0 Å². The summed E-state index contributed by atoms with van der Waals surface area (Å²) in [6.07, 6.45) is 0.820. The van der Waals surface area contributed by atoms with Crippen LogP contribution in [0.3, 0.4) is 0 Å². The number of rotatable bonds is 2. The first-order chi connectivity index (χ1) is 5.59. The number of phenols is 1. The van der Waals surface area contributed by atoms with E-state index < -0.39 is 0 Å². The minimum Gasteiger partial charge on any atom is -0.508 e. The van der Waals surface area contributed by atoms with Crippen LogP contribution < -0.4 is 5.73 Å². The van der Waals surface area contributed by atoms with Crippen LogP contribution in [0.4, 0.5) is 0 Å². The maximum atomic E-state index is 9.21. The Hall–Kier alpha value is -0.730. The molecule has 0 aromatic heterocycles. The standard InChI is InChI=1S/C10H15NO.ClH/c1-7-3-4-10(12)6-9(7)5-8(2)11;/h3-4,6,8,12H,5,11H2,1-2H3;1H. The smallest absolute Gasteiger partial charge is 0.115 e. The van der Waals surface area contributed by atoms with E-state index in [-0.39, 0.29) is 18.4 Å². The van der Waals surface area contributed by atoms with E-state index in [0.29, 0.717) is 5.75 Å². The molecule has 13 heavy (non-hydrogen) atoms. The van der Waals surface area contributed by atoms with Crippen LogP contribution in [0.1, 0.15) is 18.1 Å². The molecule has 2 nitrogen and oxygen atoms in total. The number of phenolic OH excluding ortho intramolecular Hbond substituents is 1. The van der Waals surface area contributed by atoms with Crippen LogP contribution in [-0.2, 0) is 6.42 Å². The Morgan fingerprint density at radius 3 is 2.62 bits per heavy atom. The monoisotopic (exact) mass is 201 g/mol. The minimum absolute atomic E-state index is 0. The Kier molecular flexibility index (Phi) is 4.81. The lowest BCUT2D eigenvalue weighted by Crippen LogP contribution is -2.18. The molecule has 0 bridgehead atoms. The van der Waals surface area contributed by atoms with Gasteiger partial charge in [0.15, 0.2) is 0 Å². The Morgan fingerprint density at radius 1 is 1.46 bits per heavy atom. The van der Waals surface area contributed by atoms with E-state index in [4.69, 9.17) is 5.73 Å². The van der Waals surface area contributed by atoms with E-state index in [1.54, 1.807) is 12.1 Å². The highest BCUT2D eigenvalue weighted by atomic mass is 35.5.